The van der Waals surface area contributed by atoms with Gasteiger partial charge in [0.25, 0.3) is 5.71 Å². The molecule has 3 aromatic rings. The number of hydrogen-bond acceptors (Lipinski definition) is 5. The third-order valence-electron chi connectivity index (χ3n) is 3.94. The molecule has 0 fully saturated rings. The lowest BCUT2D eigenvalue weighted by Crippen LogP contribution is -2.09. The highest BCUT2D eigenvalue weighted by Crippen LogP contribution is 2.36. The normalized spacial score (nSPS) is 17.1. The molecule has 1 atom stereocenters. The second-order valence-electron chi connectivity index (χ2n) is 5.25. The van der Waals surface area contributed by atoms with Gasteiger partial charge in [-0.05, 0) is 43.0 Å². The number of hydrogen-bond donors (Lipinski definition) is 1. The fourth-order valence-corrected chi connectivity index (χ4v) is 3.13. The van der Waals surface area contributed by atoms with Gasteiger partial charge in [-0.2, -0.15) is 4.98 Å². The summed E-state index contributed by atoms with van der Waals surface area (Å²) in [5.74, 6) is 0.770. The molecule has 21 heavy (non-hydrogen) atoms. The molecule has 4 rings (SSSR count). The van der Waals surface area contributed by atoms with Crippen LogP contribution in [0.4, 0.5) is 5.82 Å². The number of benzene rings is 1. The Morgan fingerprint density at radius 1 is 1.33 bits per heavy atom. The zero-order valence-corrected chi connectivity index (χ0v) is 12.2. The highest BCUT2D eigenvalue weighted by atomic mass is 35.5. The molecule has 1 unspecified atom stereocenters. The van der Waals surface area contributed by atoms with E-state index in [9.17, 15) is 0 Å². The maximum absolute atomic E-state index is 6.05. The van der Waals surface area contributed by atoms with E-state index in [1.165, 1.54) is 17.5 Å². The molecule has 0 radical (unpaired) electrons. The Kier molecular flexibility index (Phi) is 2.82. The summed E-state index contributed by atoms with van der Waals surface area (Å²) in [6.07, 6.45) is 3.53. The van der Waals surface area contributed by atoms with Crippen molar-refractivity contribution in [2.45, 2.75) is 25.8 Å². The van der Waals surface area contributed by atoms with Gasteiger partial charge >= 0.3 is 0 Å². The highest BCUT2D eigenvalue weighted by molar-refractivity contribution is 6.30. The van der Waals surface area contributed by atoms with Gasteiger partial charge in [0, 0.05) is 5.02 Å². The van der Waals surface area contributed by atoms with E-state index in [-0.39, 0.29) is 6.04 Å². The molecule has 0 saturated heterocycles. The van der Waals surface area contributed by atoms with Crippen molar-refractivity contribution in [3.63, 3.8) is 0 Å². The zero-order valence-electron chi connectivity index (χ0n) is 11.4. The van der Waals surface area contributed by atoms with Crippen LogP contribution in [-0.2, 0) is 6.42 Å². The average molecular weight is 301 g/mol. The fraction of sp³-hybridized carbons (Fsp3) is 0.267. The van der Waals surface area contributed by atoms with Crippen molar-refractivity contribution in [1.29, 1.82) is 0 Å². The maximum atomic E-state index is 6.05. The Labute approximate surface area is 126 Å². The first-order chi connectivity index (χ1) is 10.2. The quantitative estimate of drug-likeness (QED) is 0.782. The molecule has 1 aliphatic rings. The van der Waals surface area contributed by atoms with Crippen LogP contribution in [0.25, 0.3) is 11.1 Å². The Morgan fingerprint density at radius 2 is 2.24 bits per heavy atom. The SMILES string of the molecule is Cc1noc2ncnc(NC3CCc4cc(Cl)ccc43)c12. The van der Waals surface area contributed by atoms with Crippen LogP contribution in [0.5, 0.6) is 0 Å². The molecule has 0 amide bonds. The standard InChI is InChI=1S/C15H13ClN4O/c1-8-13-14(17-7-18-15(13)21-20-8)19-12-5-2-9-6-10(16)3-4-11(9)12/h3-4,6-7,12H,2,5H2,1H3,(H,17,18,19). The van der Waals surface area contributed by atoms with Gasteiger partial charge in [0.2, 0.25) is 0 Å². The Balaban J connectivity index is 1.72. The van der Waals surface area contributed by atoms with Crippen molar-refractivity contribution in [3.05, 3.63) is 46.4 Å². The molecule has 0 saturated carbocycles. The van der Waals surface area contributed by atoms with Gasteiger partial charge < -0.3 is 9.84 Å². The molecule has 0 aliphatic heterocycles. The van der Waals surface area contributed by atoms with Crippen molar-refractivity contribution < 1.29 is 4.52 Å². The summed E-state index contributed by atoms with van der Waals surface area (Å²) in [5, 5.41) is 9.08. The first-order valence-electron chi connectivity index (χ1n) is 6.84. The van der Waals surface area contributed by atoms with E-state index in [0.717, 1.165) is 34.8 Å². The largest absolute Gasteiger partial charge is 0.362 e. The van der Waals surface area contributed by atoms with Crippen molar-refractivity contribution in [2.75, 3.05) is 5.32 Å². The summed E-state index contributed by atoms with van der Waals surface area (Å²) in [7, 11) is 0. The van der Waals surface area contributed by atoms with Gasteiger partial charge in [0.1, 0.15) is 17.5 Å². The van der Waals surface area contributed by atoms with E-state index in [1.807, 2.05) is 19.1 Å². The van der Waals surface area contributed by atoms with Gasteiger partial charge in [0.05, 0.1) is 11.7 Å². The molecule has 2 aromatic heterocycles. The fourth-order valence-electron chi connectivity index (χ4n) is 2.93. The van der Waals surface area contributed by atoms with Gasteiger partial charge in [-0.25, -0.2) is 4.98 Å². The number of aryl methyl sites for hydroxylation is 2. The van der Waals surface area contributed by atoms with Crippen LogP contribution in [0, 0.1) is 6.92 Å². The van der Waals surface area contributed by atoms with Crippen LogP contribution >= 0.6 is 11.6 Å². The summed E-state index contributed by atoms with van der Waals surface area (Å²) in [4.78, 5) is 8.44. The van der Waals surface area contributed by atoms with Gasteiger partial charge in [0.15, 0.2) is 0 Å². The van der Waals surface area contributed by atoms with Gasteiger partial charge in [-0.1, -0.05) is 22.8 Å². The van der Waals surface area contributed by atoms with E-state index < -0.39 is 0 Å². The van der Waals surface area contributed by atoms with Crippen LogP contribution in [0.15, 0.2) is 29.0 Å². The molecule has 106 valence electrons. The number of anilines is 1. The second kappa shape index (κ2) is 4.70. The summed E-state index contributed by atoms with van der Waals surface area (Å²) in [6.45, 7) is 1.89. The van der Waals surface area contributed by atoms with Crippen LogP contribution in [0.2, 0.25) is 5.02 Å². The first kappa shape index (κ1) is 12.6. The average Bonchev–Trinajstić information content (AvgIpc) is 3.04. The lowest BCUT2D eigenvalue weighted by molar-refractivity contribution is 0.442. The van der Waals surface area contributed by atoms with Crippen molar-refractivity contribution in [3.8, 4) is 0 Å². The zero-order chi connectivity index (χ0) is 14.4. The van der Waals surface area contributed by atoms with Crippen LogP contribution < -0.4 is 5.32 Å². The monoisotopic (exact) mass is 300 g/mol. The predicted molar refractivity (Wildman–Crippen MR) is 80.5 cm³/mol. The molecule has 1 aromatic carbocycles. The third-order valence-corrected chi connectivity index (χ3v) is 4.17. The number of fused-ring (bicyclic) bond motifs is 2. The number of rotatable bonds is 2. The molecule has 1 N–H and O–H groups in total. The van der Waals surface area contributed by atoms with Crippen LogP contribution in [0.1, 0.15) is 29.3 Å². The van der Waals surface area contributed by atoms with E-state index >= 15 is 0 Å². The molecule has 2 heterocycles. The highest BCUT2D eigenvalue weighted by Gasteiger charge is 2.24. The summed E-state index contributed by atoms with van der Waals surface area (Å²) in [6, 6.07) is 6.28. The summed E-state index contributed by atoms with van der Waals surface area (Å²) in [5.41, 5.74) is 3.88. The molecule has 5 nitrogen and oxygen atoms in total. The van der Waals surface area contributed by atoms with Gasteiger partial charge in [-0.15, -0.1) is 0 Å². The predicted octanol–water partition coefficient (Wildman–Crippen LogP) is 3.68. The van der Waals surface area contributed by atoms with E-state index in [2.05, 4.69) is 26.5 Å². The Hall–Kier alpha value is -2.14. The molecule has 6 heteroatoms. The first-order valence-corrected chi connectivity index (χ1v) is 7.22. The van der Waals surface area contributed by atoms with Crippen LogP contribution in [0.3, 0.4) is 0 Å². The molecule has 0 bridgehead atoms. The number of aromatic nitrogens is 3. The molecule has 1 aliphatic carbocycles. The minimum Gasteiger partial charge on any atom is -0.362 e. The smallest absolute Gasteiger partial charge is 0.263 e. The number of nitrogens with zero attached hydrogens (tertiary/aromatic N) is 3. The van der Waals surface area contributed by atoms with E-state index in [1.54, 1.807) is 0 Å². The minimum absolute atomic E-state index is 0.227. The Morgan fingerprint density at radius 3 is 3.14 bits per heavy atom. The van der Waals surface area contributed by atoms with Crippen molar-refractivity contribution in [2.24, 2.45) is 0 Å². The minimum atomic E-state index is 0.227. The van der Waals surface area contributed by atoms with Crippen molar-refractivity contribution in [1.82, 2.24) is 15.1 Å². The summed E-state index contributed by atoms with van der Waals surface area (Å²) < 4.78 is 5.18. The summed E-state index contributed by atoms with van der Waals surface area (Å²) >= 11 is 6.05. The van der Waals surface area contributed by atoms with E-state index in [4.69, 9.17) is 16.1 Å². The maximum Gasteiger partial charge on any atom is 0.263 e. The topological polar surface area (TPSA) is 63.8 Å². The lowest BCUT2D eigenvalue weighted by Gasteiger charge is -2.15. The van der Waals surface area contributed by atoms with E-state index in [0.29, 0.717) is 5.71 Å². The van der Waals surface area contributed by atoms with Gasteiger partial charge in [-0.3, -0.25) is 0 Å². The number of halogens is 1. The Bertz CT molecular complexity index is 830. The molecular formula is C15H13ClN4O. The lowest BCUT2D eigenvalue weighted by atomic mass is 10.1. The second-order valence-corrected chi connectivity index (χ2v) is 5.69. The molecular weight excluding hydrogens is 288 g/mol. The van der Waals surface area contributed by atoms with Crippen LogP contribution in [-0.4, -0.2) is 15.1 Å². The third kappa shape index (κ3) is 2.05. The van der Waals surface area contributed by atoms with Crippen molar-refractivity contribution >= 4 is 28.5 Å². The number of nitrogens with one attached hydrogen (secondary N) is 1. The molecule has 0 spiro atoms.